The van der Waals surface area contributed by atoms with E-state index in [9.17, 15) is 9.59 Å². The molecule has 5 nitrogen and oxygen atoms in total. The zero-order chi connectivity index (χ0) is 26.0. The van der Waals surface area contributed by atoms with E-state index in [-0.39, 0.29) is 0 Å². The molecule has 1 aliphatic carbocycles. The van der Waals surface area contributed by atoms with Crippen LogP contribution < -0.4 is 17.2 Å². The summed E-state index contributed by atoms with van der Waals surface area (Å²) in [5.41, 5.74) is 26.0. The van der Waals surface area contributed by atoms with Crippen molar-refractivity contribution in [2.75, 3.05) is 17.2 Å². The molecule has 6 N–H and O–H groups in total. The van der Waals surface area contributed by atoms with Crippen LogP contribution in [0.4, 0.5) is 17.1 Å². The molecule has 0 aromatic heterocycles. The number of benzene rings is 4. The topological polar surface area (TPSA) is 112 Å². The van der Waals surface area contributed by atoms with Crippen LogP contribution in [-0.4, -0.2) is 12.6 Å². The van der Waals surface area contributed by atoms with E-state index < -0.39 is 5.41 Å². The summed E-state index contributed by atoms with van der Waals surface area (Å²) < 4.78 is 0. The Kier molecular flexibility index (Phi) is 6.20. The summed E-state index contributed by atoms with van der Waals surface area (Å²) in [5, 5.41) is 0. The van der Waals surface area contributed by atoms with Crippen molar-refractivity contribution in [1.29, 1.82) is 0 Å². The van der Waals surface area contributed by atoms with Crippen molar-refractivity contribution in [3.8, 4) is 0 Å². The Hall–Kier alpha value is -4.90. The highest BCUT2D eigenvalue weighted by Crippen LogP contribution is 2.48. The molecule has 4 aromatic carbocycles. The number of rotatable bonds is 6. The van der Waals surface area contributed by atoms with E-state index in [1.54, 1.807) is 12.1 Å². The molecular formula is C32H27N3O2. The lowest BCUT2D eigenvalue weighted by atomic mass is 9.64. The molecule has 0 heterocycles. The molecule has 0 bridgehead atoms. The van der Waals surface area contributed by atoms with Crippen molar-refractivity contribution in [2.24, 2.45) is 0 Å². The maximum absolute atomic E-state index is 12.3. The van der Waals surface area contributed by atoms with Crippen LogP contribution in [0.3, 0.4) is 0 Å². The number of anilines is 3. The van der Waals surface area contributed by atoms with Crippen LogP contribution in [-0.2, 0) is 5.41 Å². The number of nitrogen functional groups attached to an aromatic ring is 3. The van der Waals surface area contributed by atoms with Gasteiger partial charge >= 0.3 is 0 Å². The minimum absolute atomic E-state index is 0.501. The fourth-order valence-electron chi connectivity index (χ4n) is 5.05. The quantitative estimate of drug-likeness (QED) is 0.232. The molecule has 0 radical (unpaired) electrons. The fourth-order valence-corrected chi connectivity index (χ4v) is 5.05. The summed E-state index contributed by atoms with van der Waals surface area (Å²) in [6.07, 6.45) is 6.56. The summed E-state index contributed by atoms with van der Waals surface area (Å²) in [5.74, 6) is 0. The van der Waals surface area contributed by atoms with Gasteiger partial charge in [0.25, 0.3) is 0 Å². The fraction of sp³-hybridized carbons (Fsp3) is 0.0625. The molecule has 1 aliphatic rings. The summed E-state index contributed by atoms with van der Waals surface area (Å²) in [6.45, 7) is 0. The van der Waals surface area contributed by atoms with Crippen molar-refractivity contribution >= 4 is 40.8 Å². The maximum atomic E-state index is 12.3. The first-order valence-electron chi connectivity index (χ1n) is 12.0. The molecule has 0 fully saturated rings. The minimum atomic E-state index is -0.759. The third kappa shape index (κ3) is 4.55. The SMILES string of the molecule is Nc1ccc(C2=CC(c3ccc(N)cc3)(c3cc(C=O)ccc3C=O)CC(c3ccc(N)cc3)=C2)cc1. The van der Waals surface area contributed by atoms with Crippen molar-refractivity contribution < 1.29 is 9.59 Å². The van der Waals surface area contributed by atoms with Gasteiger partial charge < -0.3 is 17.2 Å². The first-order chi connectivity index (χ1) is 17.9. The second-order valence-corrected chi connectivity index (χ2v) is 9.37. The van der Waals surface area contributed by atoms with Gasteiger partial charge in [0.1, 0.15) is 12.6 Å². The number of aldehydes is 2. The number of hydrogen-bond donors (Lipinski definition) is 3. The normalized spacial score (nSPS) is 17.0. The molecular weight excluding hydrogens is 458 g/mol. The van der Waals surface area contributed by atoms with Gasteiger partial charge in [-0.2, -0.15) is 0 Å². The van der Waals surface area contributed by atoms with Crippen LogP contribution >= 0.6 is 0 Å². The van der Waals surface area contributed by atoms with Crippen LogP contribution in [0.25, 0.3) is 11.1 Å². The Bertz CT molecular complexity index is 1530. The van der Waals surface area contributed by atoms with Crippen molar-refractivity contribution in [1.82, 2.24) is 0 Å². The molecule has 1 unspecified atom stereocenters. The van der Waals surface area contributed by atoms with Gasteiger partial charge in [-0.3, -0.25) is 9.59 Å². The number of allylic oxidation sites excluding steroid dienone is 4. The van der Waals surface area contributed by atoms with Gasteiger partial charge in [-0.25, -0.2) is 0 Å². The smallest absolute Gasteiger partial charge is 0.150 e. The first kappa shape index (κ1) is 23.8. The lowest BCUT2D eigenvalue weighted by Gasteiger charge is -2.38. The van der Waals surface area contributed by atoms with Crippen LogP contribution in [0.5, 0.6) is 0 Å². The Balaban J connectivity index is 1.84. The number of nitrogens with two attached hydrogens (primary N) is 3. The molecule has 0 spiro atoms. The second-order valence-electron chi connectivity index (χ2n) is 9.37. The van der Waals surface area contributed by atoms with E-state index in [0.717, 1.165) is 46.0 Å². The van der Waals surface area contributed by atoms with Crippen molar-refractivity contribution in [2.45, 2.75) is 11.8 Å². The van der Waals surface area contributed by atoms with E-state index >= 15 is 0 Å². The molecule has 5 heteroatoms. The lowest BCUT2D eigenvalue weighted by molar-refractivity contribution is 0.111. The van der Waals surface area contributed by atoms with Crippen LogP contribution in [0.1, 0.15) is 49.4 Å². The molecule has 0 saturated heterocycles. The summed E-state index contributed by atoms with van der Waals surface area (Å²) in [4.78, 5) is 24.1. The Morgan fingerprint density at radius 1 is 0.649 bits per heavy atom. The highest BCUT2D eigenvalue weighted by Gasteiger charge is 2.38. The van der Waals surface area contributed by atoms with Crippen LogP contribution in [0.15, 0.2) is 103 Å². The Morgan fingerprint density at radius 2 is 1.22 bits per heavy atom. The molecule has 182 valence electrons. The molecule has 0 amide bonds. The first-order valence-corrected chi connectivity index (χ1v) is 12.0. The summed E-state index contributed by atoms with van der Waals surface area (Å²) >= 11 is 0. The Labute approximate surface area is 215 Å². The van der Waals surface area contributed by atoms with E-state index in [1.165, 1.54) is 0 Å². The minimum Gasteiger partial charge on any atom is -0.399 e. The van der Waals surface area contributed by atoms with Crippen molar-refractivity contribution in [3.05, 3.63) is 137 Å². The van der Waals surface area contributed by atoms with Gasteiger partial charge in [-0.15, -0.1) is 0 Å². The summed E-state index contributed by atoms with van der Waals surface area (Å²) in [7, 11) is 0. The average molecular weight is 486 g/mol. The van der Waals surface area contributed by atoms with E-state index in [4.69, 9.17) is 17.2 Å². The third-order valence-corrected chi connectivity index (χ3v) is 6.97. The van der Waals surface area contributed by atoms with E-state index in [0.29, 0.717) is 34.6 Å². The molecule has 5 rings (SSSR count). The van der Waals surface area contributed by atoms with Gasteiger partial charge in [0.2, 0.25) is 0 Å². The summed E-state index contributed by atoms with van der Waals surface area (Å²) in [6, 6.07) is 28.4. The van der Waals surface area contributed by atoms with Gasteiger partial charge in [-0.05, 0) is 82.3 Å². The molecule has 0 aliphatic heterocycles. The average Bonchev–Trinajstić information content (AvgIpc) is 2.93. The molecule has 0 saturated carbocycles. The van der Waals surface area contributed by atoms with Crippen LogP contribution in [0, 0.1) is 0 Å². The van der Waals surface area contributed by atoms with Crippen molar-refractivity contribution in [3.63, 3.8) is 0 Å². The lowest BCUT2D eigenvalue weighted by Crippen LogP contribution is -2.30. The Morgan fingerprint density at radius 3 is 1.78 bits per heavy atom. The molecule has 1 atom stereocenters. The van der Waals surface area contributed by atoms with Crippen LogP contribution in [0.2, 0.25) is 0 Å². The number of carbonyl (C=O) groups excluding carboxylic acids is 2. The standard InChI is InChI=1S/C32H27N3O2/c33-28-9-3-22(4-10-28)25-16-26(23-5-11-29(34)12-6-23)18-32(17-25,27-7-13-30(35)14-8-27)31-15-21(19-36)1-2-24(31)20-37/h1-17,19-20H,18,33-35H2. The van der Waals surface area contributed by atoms with E-state index in [2.05, 4.69) is 12.2 Å². The highest BCUT2D eigenvalue weighted by atomic mass is 16.1. The predicted octanol–water partition coefficient (Wildman–Crippen LogP) is 5.92. The maximum Gasteiger partial charge on any atom is 0.150 e. The monoisotopic (exact) mass is 485 g/mol. The third-order valence-electron chi connectivity index (χ3n) is 6.97. The highest BCUT2D eigenvalue weighted by molar-refractivity contribution is 5.91. The predicted molar refractivity (Wildman–Crippen MR) is 151 cm³/mol. The zero-order valence-corrected chi connectivity index (χ0v) is 20.2. The molecule has 37 heavy (non-hydrogen) atoms. The van der Waals surface area contributed by atoms with Gasteiger partial charge in [-0.1, -0.05) is 60.7 Å². The van der Waals surface area contributed by atoms with Gasteiger partial charge in [0, 0.05) is 33.6 Å². The zero-order valence-electron chi connectivity index (χ0n) is 20.2. The second kappa shape index (κ2) is 9.63. The van der Waals surface area contributed by atoms with Gasteiger partial charge in [0.15, 0.2) is 0 Å². The van der Waals surface area contributed by atoms with E-state index in [1.807, 2.05) is 78.9 Å². The number of carbonyl (C=O) groups is 2. The number of hydrogen-bond acceptors (Lipinski definition) is 5. The molecule has 4 aromatic rings. The largest absolute Gasteiger partial charge is 0.399 e. The van der Waals surface area contributed by atoms with Gasteiger partial charge in [0.05, 0.1) is 0 Å².